The lowest BCUT2D eigenvalue weighted by Gasteiger charge is -2.17. The second-order valence-electron chi connectivity index (χ2n) is 5.07. The summed E-state index contributed by atoms with van der Waals surface area (Å²) in [6.07, 6.45) is 3.38. The molecule has 0 bridgehead atoms. The highest BCUT2D eigenvalue weighted by Crippen LogP contribution is 2.23. The Morgan fingerprint density at radius 3 is 2.80 bits per heavy atom. The molecule has 0 spiro atoms. The fourth-order valence-corrected chi connectivity index (χ4v) is 2.29. The molecular weight excluding hydrogens is 276 g/mol. The van der Waals surface area contributed by atoms with Gasteiger partial charge in [-0.2, -0.15) is 5.10 Å². The van der Waals surface area contributed by atoms with E-state index >= 15 is 0 Å². The van der Waals surface area contributed by atoms with Crippen LogP contribution in [0.2, 0.25) is 5.22 Å². The summed E-state index contributed by atoms with van der Waals surface area (Å²) in [5.74, 6) is 1.78. The van der Waals surface area contributed by atoms with Crippen LogP contribution in [0.15, 0.2) is 22.9 Å². The van der Waals surface area contributed by atoms with Crippen LogP contribution in [0.25, 0.3) is 0 Å². The molecular formula is C14H21ClN4O. The van der Waals surface area contributed by atoms with Crippen LogP contribution in [0.5, 0.6) is 0 Å². The summed E-state index contributed by atoms with van der Waals surface area (Å²) < 4.78 is 7.47. The van der Waals surface area contributed by atoms with Crippen LogP contribution >= 0.6 is 11.6 Å². The van der Waals surface area contributed by atoms with Crippen molar-refractivity contribution in [1.82, 2.24) is 20.1 Å². The molecule has 2 aromatic rings. The third-order valence-electron chi connectivity index (χ3n) is 3.10. The molecule has 110 valence electrons. The Morgan fingerprint density at radius 1 is 1.40 bits per heavy atom. The summed E-state index contributed by atoms with van der Waals surface area (Å²) in [6.45, 7) is 7.24. The molecule has 0 aromatic carbocycles. The number of nitrogens with zero attached hydrogens (tertiary/aromatic N) is 3. The maximum absolute atomic E-state index is 5.87. The summed E-state index contributed by atoms with van der Waals surface area (Å²) >= 11 is 5.87. The molecule has 5 nitrogen and oxygen atoms in total. The maximum atomic E-state index is 5.87. The highest BCUT2D eigenvalue weighted by Gasteiger charge is 2.19. The van der Waals surface area contributed by atoms with E-state index < -0.39 is 0 Å². The minimum absolute atomic E-state index is 0.0594. The molecule has 0 radical (unpaired) electrons. The first kappa shape index (κ1) is 15.1. The van der Waals surface area contributed by atoms with Gasteiger partial charge in [-0.15, -0.1) is 0 Å². The second-order valence-corrected chi connectivity index (χ2v) is 5.44. The van der Waals surface area contributed by atoms with Gasteiger partial charge in [0.05, 0.1) is 6.04 Å². The summed E-state index contributed by atoms with van der Waals surface area (Å²) in [5.41, 5.74) is 0. The molecule has 0 amide bonds. The smallest absolute Gasteiger partial charge is 0.193 e. The van der Waals surface area contributed by atoms with Gasteiger partial charge in [-0.1, -0.05) is 6.92 Å². The minimum atomic E-state index is 0.0594. The quantitative estimate of drug-likeness (QED) is 0.851. The normalized spacial score (nSPS) is 13.1. The van der Waals surface area contributed by atoms with Crippen LogP contribution in [0.3, 0.4) is 0 Å². The summed E-state index contributed by atoms with van der Waals surface area (Å²) in [5, 5.41) is 8.15. The van der Waals surface area contributed by atoms with Crippen molar-refractivity contribution in [2.45, 2.75) is 45.7 Å². The van der Waals surface area contributed by atoms with Gasteiger partial charge in [0.2, 0.25) is 0 Å². The zero-order valence-corrected chi connectivity index (χ0v) is 12.9. The van der Waals surface area contributed by atoms with E-state index in [0.29, 0.717) is 11.3 Å². The van der Waals surface area contributed by atoms with E-state index in [0.717, 1.165) is 31.0 Å². The molecule has 1 unspecified atom stereocenters. The molecule has 6 heteroatoms. The fourth-order valence-electron chi connectivity index (χ4n) is 2.14. The Balaban J connectivity index is 2.17. The lowest BCUT2D eigenvalue weighted by Crippen LogP contribution is -2.25. The number of nitrogens with one attached hydrogen (secondary N) is 1. The van der Waals surface area contributed by atoms with Crippen molar-refractivity contribution < 1.29 is 4.42 Å². The number of aromatic nitrogens is 3. The predicted octanol–water partition coefficient (Wildman–Crippen LogP) is 3.39. The molecule has 2 heterocycles. The van der Waals surface area contributed by atoms with E-state index in [1.54, 1.807) is 12.4 Å². The van der Waals surface area contributed by atoms with Crippen molar-refractivity contribution >= 4 is 11.6 Å². The zero-order valence-electron chi connectivity index (χ0n) is 12.1. The lowest BCUT2D eigenvalue weighted by atomic mass is 10.1. The molecule has 0 aliphatic heterocycles. The molecule has 20 heavy (non-hydrogen) atoms. The number of furan rings is 1. The summed E-state index contributed by atoms with van der Waals surface area (Å²) in [6, 6.07) is 4.03. The number of rotatable bonds is 7. The van der Waals surface area contributed by atoms with Crippen LogP contribution in [0.1, 0.15) is 50.9 Å². The molecule has 0 saturated heterocycles. The van der Waals surface area contributed by atoms with E-state index in [1.807, 2.05) is 10.7 Å². The van der Waals surface area contributed by atoms with Crippen LogP contribution in [0.4, 0.5) is 0 Å². The summed E-state index contributed by atoms with van der Waals surface area (Å²) in [7, 11) is 0. The van der Waals surface area contributed by atoms with E-state index in [4.69, 9.17) is 16.0 Å². The van der Waals surface area contributed by atoms with Gasteiger partial charge >= 0.3 is 0 Å². The van der Waals surface area contributed by atoms with Gasteiger partial charge in [-0.3, -0.25) is 0 Å². The molecule has 1 N–H and O–H groups in total. The van der Waals surface area contributed by atoms with Crippen LogP contribution < -0.4 is 5.32 Å². The molecule has 0 saturated carbocycles. The van der Waals surface area contributed by atoms with Crippen molar-refractivity contribution in [3.05, 3.63) is 35.3 Å². The van der Waals surface area contributed by atoms with Crippen molar-refractivity contribution in [2.75, 3.05) is 6.54 Å². The topological polar surface area (TPSA) is 55.9 Å². The SMILES string of the molecule is CCCNC(Cc1ncnn1C(C)C)c1ccc(Cl)o1. The standard InChI is InChI=1S/C14H21ClN4O/c1-4-7-16-11(12-5-6-13(15)20-12)8-14-17-9-18-19(14)10(2)3/h5-6,9-11,16H,4,7-8H2,1-3H3. The highest BCUT2D eigenvalue weighted by molar-refractivity contribution is 6.28. The van der Waals surface area contributed by atoms with Gasteiger partial charge in [-0.05, 0) is 50.5 Å². The predicted molar refractivity (Wildman–Crippen MR) is 78.9 cm³/mol. The van der Waals surface area contributed by atoms with Gasteiger partial charge in [0.25, 0.3) is 0 Å². The van der Waals surface area contributed by atoms with Crippen LogP contribution in [-0.4, -0.2) is 21.3 Å². The zero-order chi connectivity index (χ0) is 14.5. The summed E-state index contributed by atoms with van der Waals surface area (Å²) in [4.78, 5) is 4.35. The van der Waals surface area contributed by atoms with E-state index in [9.17, 15) is 0 Å². The monoisotopic (exact) mass is 296 g/mol. The van der Waals surface area contributed by atoms with Crippen molar-refractivity contribution in [1.29, 1.82) is 0 Å². The first-order chi connectivity index (χ1) is 9.61. The molecule has 0 aliphatic rings. The highest BCUT2D eigenvalue weighted by atomic mass is 35.5. The third kappa shape index (κ3) is 3.61. The largest absolute Gasteiger partial charge is 0.448 e. The van der Waals surface area contributed by atoms with Gasteiger partial charge in [0, 0.05) is 12.5 Å². The Kier molecular flexibility index (Phi) is 5.20. The van der Waals surface area contributed by atoms with Gasteiger partial charge < -0.3 is 9.73 Å². The Hall–Kier alpha value is -1.33. The average molecular weight is 297 g/mol. The van der Waals surface area contributed by atoms with Crippen molar-refractivity contribution in [3.8, 4) is 0 Å². The first-order valence-electron chi connectivity index (χ1n) is 6.98. The lowest BCUT2D eigenvalue weighted by molar-refractivity contribution is 0.394. The molecule has 0 fully saturated rings. The molecule has 0 aliphatic carbocycles. The van der Waals surface area contributed by atoms with Gasteiger partial charge in [0.15, 0.2) is 5.22 Å². The Morgan fingerprint density at radius 2 is 2.20 bits per heavy atom. The van der Waals surface area contributed by atoms with E-state index in [1.165, 1.54) is 0 Å². The van der Waals surface area contributed by atoms with E-state index in [2.05, 4.69) is 36.2 Å². The van der Waals surface area contributed by atoms with Crippen molar-refractivity contribution in [2.24, 2.45) is 0 Å². The number of hydrogen-bond acceptors (Lipinski definition) is 4. The fraction of sp³-hybridized carbons (Fsp3) is 0.571. The third-order valence-corrected chi connectivity index (χ3v) is 3.30. The Bertz CT molecular complexity index is 535. The molecule has 2 rings (SSSR count). The maximum Gasteiger partial charge on any atom is 0.193 e. The van der Waals surface area contributed by atoms with Gasteiger partial charge in [-0.25, -0.2) is 9.67 Å². The number of halogens is 1. The second kappa shape index (κ2) is 6.90. The average Bonchev–Trinajstić information content (AvgIpc) is 3.03. The molecule has 1 atom stereocenters. The minimum Gasteiger partial charge on any atom is -0.448 e. The number of hydrogen-bond donors (Lipinski definition) is 1. The molecule has 2 aromatic heterocycles. The van der Waals surface area contributed by atoms with Crippen molar-refractivity contribution in [3.63, 3.8) is 0 Å². The van der Waals surface area contributed by atoms with Crippen LogP contribution in [-0.2, 0) is 6.42 Å². The Labute approximate surface area is 124 Å². The first-order valence-corrected chi connectivity index (χ1v) is 7.36. The van der Waals surface area contributed by atoms with Crippen LogP contribution in [0, 0.1) is 0 Å². The van der Waals surface area contributed by atoms with Gasteiger partial charge in [0.1, 0.15) is 17.9 Å². The van der Waals surface area contributed by atoms with E-state index in [-0.39, 0.29) is 6.04 Å².